The predicted octanol–water partition coefficient (Wildman–Crippen LogP) is 5.31. The van der Waals surface area contributed by atoms with Gasteiger partial charge >= 0.3 is 0 Å². The molecule has 5 rings (SSSR count). The number of anilines is 3. The molecule has 0 saturated carbocycles. The van der Waals surface area contributed by atoms with Crippen LogP contribution in [-0.4, -0.2) is 30.1 Å². The van der Waals surface area contributed by atoms with Gasteiger partial charge in [-0.15, -0.1) is 0 Å². The highest BCUT2D eigenvalue weighted by Gasteiger charge is 2.14. The van der Waals surface area contributed by atoms with Crippen LogP contribution in [0.1, 0.15) is 24.4 Å². The number of aromatic amines is 1. The van der Waals surface area contributed by atoms with E-state index in [0.29, 0.717) is 28.8 Å². The number of nitrogens with one attached hydrogen (secondary N) is 3. The molecule has 34 heavy (non-hydrogen) atoms. The Hall–Kier alpha value is -4.47. The lowest BCUT2D eigenvalue weighted by Gasteiger charge is -2.16. The summed E-state index contributed by atoms with van der Waals surface area (Å²) in [5.74, 6) is 0.860. The van der Waals surface area contributed by atoms with Gasteiger partial charge in [0.05, 0.1) is 22.8 Å². The Kier molecular flexibility index (Phi) is 5.54. The second-order valence-electron chi connectivity index (χ2n) is 7.77. The molecular formula is C24H20F2N8. The third-order valence-corrected chi connectivity index (χ3v) is 5.25. The zero-order valence-corrected chi connectivity index (χ0v) is 18.3. The molecule has 0 amide bonds. The first-order chi connectivity index (χ1) is 16.4. The van der Waals surface area contributed by atoms with E-state index < -0.39 is 17.7 Å². The third kappa shape index (κ3) is 4.51. The maximum atomic E-state index is 14.1. The van der Waals surface area contributed by atoms with E-state index in [0.717, 1.165) is 28.4 Å². The van der Waals surface area contributed by atoms with Crippen molar-refractivity contribution < 1.29 is 8.78 Å². The van der Waals surface area contributed by atoms with Crippen molar-refractivity contribution in [1.82, 2.24) is 30.1 Å². The maximum Gasteiger partial charge on any atom is 0.153 e. The van der Waals surface area contributed by atoms with Gasteiger partial charge in [-0.1, -0.05) is 12.1 Å². The number of hydrogen-bond donors (Lipinski definition) is 3. The van der Waals surface area contributed by atoms with E-state index in [1.165, 1.54) is 12.1 Å². The Labute approximate surface area is 193 Å². The fourth-order valence-electron chi connectivity index (χ4n) is 3.65. The van der Waals surface area contributed by atoms with Crippen LogP contribution in [0, 0.1) is 18.6 Å². The van der Waals surface area contributed by atoms with E-state index in [1.807, 2.05) is 24.3 Å². The number of benzene rings is 2. The maximum absolute atomic E-state index is 14.1. The first-order valence-electron chi connectivity index (χ1n) is 10.6. The fraction of sp³-hybridized carbons (Fsp3) is 0.125. The van der Waals surface area contributed by atoms with Gasteiger partial charge in [0, 0.05) is 41.7 Å². The lowest BCUT2D eigenvalue weighted by molar-refractivity contribution is 0.566. The Bertz CT molecular complexity index is 1480. The summed E-state index contributed by atoms with van der Waals surface area (Å²) in [6.45, 7) is 3.53. The highest BCUT2D eigenvalue weighted by Crippen LogP contribution is 2.26. The summed E-state index contributed by atoms with van der Waals surface area (Å²) in [4.78, 5) is 17.4. The number of aryl methyl sites for hydroxylation is 1. The second kappa shape index (κ2) is 8.81. The van der Waals surface area contributed by atoms with Gasteiger partial charge in [-0.25, -0.2) is 18.7 Å². The van der Waals surface area contributed by atoms with E-state index in [-0.39, 0.29) is 0 Å². The van der Waals surface area contributed by atoms with Gasteiger partial charge < -0.3 is 10.6 Å². The minimum absolute atomic E-state index is 0.337. The van der Waals surface area contributed by atoms with Gasteiger partial charge in [-0.2, -0.15) is 5.10 Å². The molecule has 0 spiro atoms. The Morgan fingerprint density at radius 2 is 1.65 bits per heavy atom. The van der Waals surface area contributed by atoms with Gasteiger partial charge in [-0.3, -0.25) is 15.1 Å². The molecular weight excluding hydrogens is 438 g/mol. The van der Waals surface area contributed by atoms with Crippen molar-refractivity contribution in [2.75, 3.05) is 10.6 Å². The number of fused-ring (bicyclic) bond motifs is 1. The van der Waals surface area contributed by atoms with Crippen molar-refractivity contribution in [2.24, 2.45) is 0 Å². The summed E-state index contributed by atoms with van der Waals surface area (Å²) >= 11 is 0. The molecule has 3 heterocycles. The predicted molar refractivity (Wildman–Crippen MR) is 126 cm³/mol. The Morgan fingerprint density at radius 1 is 0.853 bits per heavy atom. The molecule has 10 heteroatoms. The SMILES string of the molecule is Cc1nc(Nc2cc(-c3ccc4nccnc4c3)[nH]n2)cc(N[C@@H](C)c2ccc(F)cc2F)n1. The van der Waals surface area contributed by atoms with Gasteiger partial charge in [-0.05, 0) is 32.0 Å². The third-order valence-electron chi connectivity index (χ3n) is 5.25. The number of nitrogens with zero attached hydrogens (tertiary/aromatic N) is 5. The number of H-pyrrole nitrogens is 1. The average molecular weight is 458 g/mol. The van der Waals surface area contributed by atoms with E-state index in [9.17, 15) is 8.78 Å². The van der Waals surface area contributed by atoms with Crippen LogP contribution in [0.2, 0.25) is 0 Å². The summed E-state index contributed by atoms with van der Waals surface area (Å²) in [7, 11) is 0. The molecule has 0 aliphatic carbocycles. The topological polar surface area (TPSA) is 104 Å². The van der Waals surface area contributed by atoms with Gasteiger partial charge in [0.2, 0.25) is 0 Å². The summed E-state index contributed by atoms with van der Waals surface area (Å²) in [5.41, 5.74) is 3.67. The van der Waals surface area contributed by atoms with Crippen molar-refractivity contribution in [3.8, 4) is 11.3 Å². The largest absolute Gasteiger partial charge is 0.363 e. The van der Waals surface area contributed by atoms with Crippen molar-refractivity contribution in [3.63, 3.8) is 0 Å². The lowest BCUT2D eigenvalue weighted by Crippen LogP contribution is -2.11. The average Bonchev–Trinajstić information content (AvgIpc) is 3.26. The molecule has 0 radical (unpaired) electrons. The molecule has 5 aromatic rings. The summed E-state index contributed by atoms with van der Waals surface area (Å²) in [6, 6.07) is 12.4. The van der Waals surface area contributed by atoms with Crippen LogP contribution in [-0.2, 0) is 0 Å². The van der Waals surface area contributed by atoms with Crippen LogP contribution in [0.15, 0.2) is 60.9 Å². The molecule has 1 atom stereocenters. The number of halogens is 2. The first-order valence-corrected chi connectivity index (χ1v) is 10.6. The van der Waals surface area contributed by atoms with E-state index in [2.05, 4.69) is 40.8 Å². The number of aromatic nitrogens is 6. The van der Waals surface area contributed by atoms with Crippen molar-refractivity contribution >= 4 is 28.5 Å². The molecule has 0 bridgehead atoms. The summed E-state index contributed by atoms with van der Waals surface area (Å²) in [6.07, 6.45) is 3.31. The summed E-state index contributed by atoms with van der Waals surface area (Å²) in [5, 5.41) is 13.6. The molecule has 0 fully saturated rings. The standard InChI is InChI=1S/C24H20F2N8/c1-13(17-5-4-16(25)10-18(17)26)29-22-12-23(31-14(2)30-22)32-24-11-20(33-34-24)15-3-6-19-21(9-15)28-8-7-27-19/h3-13H,1-2H3,(H3,29,30,31,32,33,34)/t13-/m0/s1. The molecule has 8 nitrogen and oxygen atoms in total. The Morgan fingerprint density at radius 3 is 2.47 bits per heavy atom. The molecule has 0 aliphatic rings. The zero-order valence-electron chi connectivity index (χ0n) is 18.3. The van der Waals surface area contributed by atoms with Crippen LogP contribution in [0.4, 0.5) is 26.2 Å². The normalized spacial score (nSPS) is 12.0. The minimum Gasteiger partial charge on any atom is -0.363 e. The van der Waals surface area contributed by atoms with E-state index in [4.69, 9.17) is 0 Å². The highest BCUT2D eigenvalue weighted by atomic mass is 19.1. The molecule has 0 saturated heterocycles. The number of hydrogen-bond acceptors (Lipinski definition) is 7. The quantitative estimate of drug-likeness (QED) is 0.317. The van der Waals surface area contributed by atoms with Crippen molar-refractivity contribution in [2.45, 2.75) is 19.9 Å². The molecule has 2 aromatic carbocycles. The van der Waals surface area contributed by atoms with Crippen molar-refractivity contribution in [1.29, 1.82) is 0 Å². The highest BCUT2D eigenvalue weighted by molar-refractivity contribution is 5.80. The first kappa shape index (κ1) is 21.4. The fourth-order valence-corrected chi connectivity index (χ4v) is 3.65. The van der Waals surface area contributed by atoms with Crippen LogP contribution >= 0.6 is 0 Å². The smallest absolute Gasteiger partial charge is 0.153 e. The summed E-state index contributed by atoms with van der Waals surface area (Å²) < 4.78 is 27.4. The van der Waals surface area contributed by atoms with Gasteiger partial charge in [0.25, 0.3) is 0 Å². The van der Waals surface area contributed by atoms with Crippen molar-refractivity contribution in [3.05, 3.63) is 83.9 Å². The minimum atomic E-state index is -0.618. The molecule has 3 aromatic heterocycles. The van der Waals surface area contributed by atoms with Crippen LogP contribution in [0.5, 0.6) is 0 Å². The van der Waals surface area contributed by atoms with Crippen LogP contribution in [0.25, 0.3) is 22.3 Å². The van der Waals surface area contributed by atoms with Crippen LogP contribution in [0.3, 0.4) is 0 Å². The Balaban J connectivity index is 1.34. The molecule has 0 aliphatic heterocycles. The van der Waals surface area contributed by atoms with Gasteiger partial charge in [0.15, 0.2) is 5.82 Å². The molecule has 3 N–H and O–H groups in total. The van der Waals surface area contributed by atoms with Crippen LogP contribution < -0.4 is 10.6 Å². The van der Waals surface area contributed by atoms with E-state index in [1.54, 1.807) is 32.3 Å². The molecule has 170 valence electrons. The van der Waals surface area contributed by atoms with E-state index >= 15 is 0 Å². The van der Waals surface area contributed by atoms with Gasteiger partial charge in [0.1, 0.15) is 29.1 Å². The lowest BCUT2D eigenvalue weighted by atomic mass is 10.1. The monoisotopic (exact) mass is 458 g/mol. The molecule has 0 unspecified atom stereocenters. The number of rotatable bonds is 6. The second-order valence-corrected chi connectivity index (χ2v) is 7.77. The zero-order chi connectivity index (χ0) is 23.7.